The average Bonchev–Trinajstić information content (AvgIpc) is 2.50. The SMILES string of the molecule is COC(=O)[C@@H]1CN(C(=S)Nc2ccc(C)c(Cl)c2)CCS1. The molecule has 1 aliphatic rings. The monoisotopic (exact) mass is 344 g/mol. The van der Waals surface area contributed by atoms with E-state index in [9.17, 15) is 4.79 Å². The second kappa shape index (κ2) is 7.33. The Hall–Kier alpha value is -0.980. The van der Waals surface area contributed by atoms with Gasteiger partial charge < -0.3 is 15.0 Å². The number of methoxy groups -OCH3 is 1. The van der Waals surface area contributed by atoms with Crippen molar-refractivity contribution in [2.75, 3.05) is 31.3 Å². The largest absolute Gasteiger partial charge is 0.468 e. The lowest BCUT2D eigenvalue weighted by Crippen LogP contribution is -2.46. The zero-order valence-electron chi connectivity index (χ0n) is 11.9. The Labute approximate surface area is 139 Å². The van der Waals surface area contributed by atoms with E-state index in [1.54, 1.807) is 11.8 Å². The fraction of sp³-hybridized carbons (Fsp3) is 0.429. The molecule has 1 N–H and O–H groups in total. The normalized spacial score (nSPS) is 18.2. The Balaban J connectivity index is 1.99. The van der Waals surface area contributed by atoms with Crippen molar-refractivity contribution in [1.82, 2.24) is 4.90 Å². The molecule has 4 nitrogen and oxygen atoms in total. The van der Waals surface area contributed by atoms with E-state index >= 15 is 0 Å². The van der Waals surface area contributed by atoms with Gasteiger partial charge in [-0.2, -0.15) is 0 Å². The van der Waals surface area contributed by atoms with Gasteiger partial charge in [-0.3, -0.25) is 4.79 Å². The van der Waals surface area contributed by atoms with Crippen molar-refractivity contribution in [1.29, 1.82) is 0 Å². The third-order valence-electron chi connectivity index (χ3n) is 3.24. The summed E-state index contributed by atoms with van der Waals surface area (Å²) in [6, 6.07) is 5.72. The number of aryl methyl sites for hydroxylation is 1. The molecule has 0 bridgehead atoms. The van der Waals surface area contributed by atoms with Crippen LogP contribution >= 0.6 is 35.6 Å². The number of anilines is 1. The Morgan fingerprint density at radius 1 is 1.57 bits per heavy atom. The Morgan fingerprint density at radius 3 is 3.00 bits per heavy atom. The van der Waals surface area contributed by atoms with Gasteiger partial charge in [0.25, 0.3) is 0 Å². The van der Waals surface area contributed by atoms with Crippen LogP contribution in [0.4, 0.5) is 5.69 Å². The van der Waals surface area contributed by atoms with Gasteiger partial charge in [-0.25, -0.2) is 0 Å². The molecular weight excluding hydrogens is 328 g/mol. The van der Waals surface area contributed by atoms with Gasteiger partial charge in [-0.1, -0.05) is 17.7 Å². The predicted octanol–water partition coefficient (Wildman–Crippen LogP) is 2.94. The fourth-order valence-electron chi connectivity index (χ4n) is 1.98. The molecule has 1 saturated heterocycles. The quantitative estimate of drug-likeness (QED) is 0.657. The van der Waals surface area contributed by atoms with Gasteiger partial charge in [-0.05, 0) is 36.8 Å². The topological polar surface area (TPSA) is 41.6 Å². The third-order valence-corrected chi connectivity index (χ3v) is 5.17. The highest BCUT2D eigenvalue weighted by Gasteiger charge is 2.28. The van der Waals surface area contributed by atoms with Crippen molar-refractivity contribution in [3.8, 4) is 0 Å². The molecule has 2 rings (SSSR count). The molecule has 0 saturated carbocycles. The first-order valence-electron chi connectivity index (χ1n) is 6.52. The highest BCUT2D eigenvalue weighted by Crippen LogP contribution is 2.23. The second-order valence-corrected chi connectivity index (χ2v) is 6.83. The molecule has 21 heavy (non-hydrogen) atoms. The molecule has 1 atom stereocenters. The molecule has 0 amide bonds. The van der Waals surface area contributed by atoms with E-state index in [1.807, 2.05) is 30.0 Å². The average molecular weight is 345 g/mol. The van der Waals surface area contributed by atoms with Crippen molar-refractivity contribution >= 4 is 52.3 Å². The highest BCUT2D eigenvalue weighted by molar-refractivity contribution is 8.00. The van der Waals surface area contributed by atoms with Crippen molar-refractivity contribution < 1.29 is 9.53 Å². The summed E-state index contributed by atoms with van der Waals surface area (Å²) in [5.41, 5.74) is 1.87. The number of ether oxygens (including phenoxy) is 1. The molecule has 114 valence electrons. The van der Waals surface area contributed by atoms with Gasteiger partial charge in [0, 0.05) is 29.6 Å². The maximum absolute atomic E-state index is 11.6. The molecule has 1 aromatic rings. The minimum Gasteiger partial charge on any atom is -0.468 e. The first-order chi connectivity index (χ1) is 10.0. The summed E-state index contributed by atoms with van der Waals surface area (Å²) in [4.78, 5) is 13.6. The number of rotatable bonds is 2. The highest BCUT2D eigenvalue weighted by atomic mass is 35.5. The zero-order valence-corrected chi connectivity index (χ0v) is 14.3. The number of benzene rings is 1. The van der Waals surface area contributed by atoms with Gasteiger partial charge in [0.2, 0.25) is 0 Å². The van der Waals surface area contributed by atoms with Crippen LogP contribution in [0.1, 0.15) is 5.56 Å². The standard InChI is InChI=1S/C14H17ClN2O2S2/c1-9-3-4-10(7-11(9)15)16-14(20)17-5-6-21-12(8-17)13(18)19-2/h3-4,7,12H,5-6,8H2,1-2H3,(H,16,20)/t12-/m0/s1. The molecule has 0 unspecified atom stereocenters. The minimum atomic E-state index is -0.203. The third kappa shape index (κ3) is 4.25. The molecule has 1 heterocycles. The zero-order chi connectivity index (χ0) is 15.4. The molecular formula is C14H17ClN2O2S2. The van der Waals surface area contributed by atoms with Crippen LogP contribution in [0.5, 0.6) is 0 Å². The number of esters is 1. The maximum atomic E-state index is 11.6. The minimum absolute atomic E-state index is 0.190. The summed E-state index contributed by atoms with van der Waals surface area (Å²) in [5, 5.41) is 4.28. The fourth-order valence-corrected chi connectivity index (χ4v) is 3.57. The Morgan fingerprint density at radius 2 is 2.33 bits per heavy atom. The summed E-state index contributed by atoms with van der Waals surface area (Å²) in [7, 11) is 1.41. The molecule has 0 aromatic heterocycles. The lowest BCUT2D eigenvalue weighted by atomic mass is 10.2. The summed E-state index contributed by atoms with van der Waals surface area (Å²) in [6.07, 6.45) is 0. The van der Waals surface area contributed by atoms with Gasteiger partial charge in [0.1, 0.15) is 5.25 Å². The van der Waals surface area contributed by atoms with Crippen LogP contribution in [0.2, 0.25) is 5.02 Å². The van der Waals surface area contributed by atoms with Crippen LogP contribution in [0.15, 0.2) is 18.2 Å². The van der Waals surface area contributed by atoms with Crippen molar-refractivity contribution in [2.24, 2.45) is 0 Å². The summed E-state index contributed by atoms with van der Waals surface area (Å²) in [5.74, 6) is 0.641. The summed E-state index contributed by atoms with van der Waals surface area (Å²) < 4.78 is 4.80. The first-order valence-corrected chi connectivity index (χ1v) is 8.36. The molecule has 1 aromatic carbocycles. The van der Waals surface area contributed by atoms with Gasteiger partial charge in [0.05, 0.1) is 7.11 Å². The van der Waals surface area contributed by atoms with Gasteiger partial charge in [0.15, 0.2) is 5.11 Å². The number of carbonyl (C=O) groups is 1. The van der Waals surface area contributed by atoms with Crippen LogP contribution in [0.25, 0.3) is 0 Å². The van der Waals surface area contributed by atoms with Gasteiger partial charge >= 0.3 is 5.97 Å². The van der Waals surface area contributed by atoms with Crippen molar-refractivity contribution in [3.05, 3.63) is 28.8 Å². The van der Waals surface area contributed by atoms with E-state index in [0.717, 1.165) is 23.5 Å². The smallest absolute Gasteiger partial charge is 0.320 e. The molecule has 7 heteroatoms. The predicted molar refractivity (Wildman–Crippen MR) is 92.2 cm³/mol. The number of thiocarbonyl (C=S) groups is 1. The van der Waals surface area contributed by atoms with Crippen LogP contribution in [0.3, 0.4) is 0 Å². The van der Waals surface area contributed by atoms with E-state index in [2.05, 4.69) is 5.32 Å². The molecule has 0 spiro atoms. The number of halogens is 1. The van der Waals surface area contributed by atoms with Crippen LogP contribution in [0, 0.1) is 6.92 Å². The summed E-state index contributed by atoms with van der Waals surface area (Å²) >= 11 is 13.1. The van der Waals surface area contributed by atoms with Crippen LogP contribution in [-0.4, -0.2) is 47.2 Å². The van der Waals surface area contributed by atoms with Crippen LogP contribution < -0.4 is 5.32 Å². The number of carbonyl (C=O) groups excluding carboxylic acids is 1. The van der Waals surface area contributed by atoms with E-state index < -0.39 is 0 Å². The lowest BCUT2D eigenvalue weighted by Gasteiger charge is -2.33. The Bertz CT molecular complexity index is 554. The number of nitrogens with zero attached hydrogens (tertiary/aromatic N) is 1. The first kappa shape index (κ1) is 16.4. The van der Waals surface area contributed by atoms with E-state index in [1.165, 1.54) is 7.11 Å². The number of thioether (sulfide) groups is 1. The molecule has 0 aliphatic carbocycles. The molecule has 0 radical (unpaired) electrons. The maximum Gasteiger partial charge on any atom is 0.320 e. The van der Waals surface area contributed by atoms with Crippen molar-refractivity contribution in [3.63, 3.8) is 0 Å². The molecule has 1 fully saturated rings. The second-order valence-electron chi connectivity index (χ2n) is 4.72. The van der Waals surface area contributed by atoms with E-state index in [0.29, 0.717) is 16.7 Å². The number of hydrogen-bond acceptors (Lipinski definition) is 4. The van der Waals surface area contributed by atoms with Crippen molar-refractivity contribution in [2.45, 2.75) is 12.2 Å². The summed E-state index contributed by atoms with van der Waals surface area (Å²) in [6.45, 7) is 3.32. The van der Waals surface area contributed by atoms with Crippen LogP contribution in [-0.2, 0) is 9.53 Å². The molecule has 1 aliphatic heterocycles. The Kier molecular flexibility index (Phi) is 5.72. The number of hydrogen-bond donors (Lipinski definition) is 1. The number of nitrogens with one attached hydrogen (secondary N) is 1. The van der Waals surface area contributed by atoms with E-state index in [4.69, 9.17) is 28.6 Å². The van der Waals surface area contributed by atoms with E-state index in [-0.39, 0.29) is 11.2 Å². The lowest BCUT2D eigenvalue weighted by molar-refractivity contribution is -0.140. The van der Waals surface area contributed by atoms with Gasteiger partial charge in [-0.15, -0.1) is 11.8 Å².